The second kappa shape index (κ2) is 15.1. The standard InChI is InChI=1S/C32H33N2O13P/c1-48(45)26-13-20(35)3-5-22(26)32(23-6-4-21(36)14-27(23)48)19-2-7-24(34(17-30(41)42)18-31(43)44)25(12-19)47-11-10-46-9-8-33(15-28(37)38)16-29(39)40/h2-7,12-14,35H,8-11,15-18H2,1H3,(H,37,38)(H,39,40)(H,41,42)(H,43,44). The van der Waals surface area contributed by atoms with Gasteiger partial charge in [-0.3, -0.25) is 28.9 Å². The molecule has 0 aromatic heterocycles. The van der Waals surface area contributed by atoms with Gasteiger partial charge in [0.25, 0.3) is 0 Å². The molecule has 1 aliphatic carbocycles. The van der Waals surface area contributed by atoms with Crippen LogP contribution in [0.25, 0.3) is 5.57 Å². The first kappa shape index (κ1) is 35.6. The lowest BCUT2D eigenvalue weighted by Gasteiger charge is -2.32. The number of phenolic OH excluding ortho intramolecular Hbond substituents is 1. The van der Waals surface area contributed by atoms with Crippen LogP contribution in [0.15, 0.2) is 65.5 Å². The van der Waals surface area contributed by atoms with Crippen LogP contribution < -0.4 is 14.9 Å². The fourth-order valence-corrected chi connectivity index (χ4v) is 7.75. The fraction of sp³-hybridized carbons (Fsp3) is 0.281. The van der Waals surface area contributed by atoms with Crippen molar-refractivity contribution in [3.63, 3.8) is 0 Å². The lowest BCUT2D eigenvalue weighted by molar-refractivity contribution is -0.142. The largest absolute Gasteiger partial charge is 0.508 e. The molecular weight excluding hydrogens is 651 g/mol. The van der Waals surface area contributed by atoms with Crippen LogP contribution in [-0.4, -0.2) is 119 Å². The zero-order chi connectivity index (χ0) is 35.2. The van der Waals surface area contributed by atoms with Gasteiger partial charge in [-0.2, -0.15) is 0 Å². The number of benzene rings is 2. The average Bonchev–Trinajstić information content (AvgIpc) is 2.98. The quantitative estimate of drug-likeness (QED) is 0.118. The number of allylic oxidation sites excluding steroid dienone is 5. The minimum Gasteiger partial charge on any atom is -0.508 e. The SMILES string of the molecule is CP1(=O)C2=CC(=O)C=CC2=C(c2ccc(N(CC(=O)O)CC(=O)O)c(OCCOCCN(CC(=O)O)CC(=O)O)c2)c2ccc(O)cc21. The number of carbonyl (C=O) groups is 5. The van der Waals surface area contributed by atoms with E-state index in [2.05, 4.69) is 0 Å². The predicted octanol–water partition coefficient (Wildman–Crippen LogP) is 1.69. The molecule has 1 heterocycles. The third-order valence-corrected chi connectivity index (χ3v) is 9.98. The molecule has 0 radical (unpaired) electrons. The molecule has 0 saturated heterocycles. The summed E-state index contributed by atoms with van der Waals surface area (Å²) in [5, 5.41) is 47.9. The summed E-state index contributed by atoms with van der Waals surface area (Å²) >= 11 is 0. The lowest BCUT2D eigenvalue weighted by atomic mass is 9.89. The van der Waals surface area contributed by atoms with Gasteiger partial charge in [0.1, 0.15) is 38.3 Å². The Morgan fingerprint density at radius 2 is 1.46 bits per heavy atom. The molecule has 16 heteroatoms. The lowest BCUT2D eigenvalue weighted by Crippen LogP contribution is -2.37. The van der Waals surface area contributed by atoms with Crippen molar-refractivity contribution >= 4 is 53.4 Å². The van der Waals surface area contributed by atoms with Crippen molar-refractivity contribution in [3.8, 4) is 11.5 Å². The van der Waals surface area contributed by atoms with Gasteiger partial charge in [-0.25, -0.2) is 0 Å². The summed E-state index contributed by atoms with van der Waals surface area (Å²) in [6.45, 7) is -1.04. The summed E-state index contributed by atoms with van der Waals surface area (Å²) < 4.78 is 25.6. The number of carboxylic acids is 4. The van der Waals surface area contributed by atoms with E-state index in [0.29, 0.717) is 32.9 Å². The van der Waals surface area contributed by atoms with E-state index in [1.165, 1.54) is 41.9 Å². The number of ketones is 1. The van der Waals surface area contributed by atoms with Crippen molar-refractivity contribution < 1.29 is 63.5 Å². The Kier molecular flexibility index (Phi) is 11.2. The number of hydrogen-bond donors (Lipinski definition) is 5. The number of anilines is 1. The van der Waals surface area contributed by atoms with E-state index >= 15 is 0 Å². The summed E-state index contributed by atoms with van der Waals surface area (Å²) in [4.78, 5) is 60.0. The normalized spacial score (nSPS) is 16.6. The Morgan fingerprint density at radius 1 is 0.812 bits per heavy atom. The maximum atomic E-state index is 14.1. The highest BCUT2D eigenvalue weighted by molar-refractivity contribution is 7.75. The minimum absolute atomic E-state index is 0.00336. The first-order chi connectivity index (χ1) is 22.7. The molecule has 0 bridgehead atoms. The molecule has 1 aliphatic heterocycles. The van der Waals surface area contributed by atoms with Gasteiger partial charge in [-0.1, -0.05) is 6.07 Å². The van der Waals surface area contributed by atoms with Crippen LogP contribution in [0.4, 0.5) is 5.69 Å². The predicted molar refractivity (Wildman–Crippen MR) is 171 cm³/mol. The van der Waals surface area contributed by atoms with E-state index in [4.69, 9.17) is 19.7 Å². The van der Waals surface area contributed by atoms with Gasteiger partial charge < -0.3 is 44.5 Å². The van der Waals surface area contributed by atoms with E-state index < -0.39 is 57.2 Å². The summed E-state index contributed by atoms with van der Waals surface area (Å²) in [6.07, 6.45) is 4.19. The Labute approximate surface area is 274 Å². The number of ether oxygens (including phenoxy) is 2. The van der Waals surface area contributed by atoms with Gasteiger partial charge in [0.15, 0.2) is 5.78 Å². The van der Waals surface area contributed by atoms with Crippen LogP contribution in [0.1, 0.15) is 11.1 Å². The summed E-state index contributed by atoms with van der Waals surface area (Å²) in [6, 6.07) is 9.08. The van der Waals surface area contributed by atoms with E-state index in [-0.39, 0.29) is 49.3 Å². The van der Waals surface area contributed by atoms with Crippen LogP contribution >= 0.6 is 7.14 Å². The van der Waals surface area contributed by atoms with E-state index in [9.17, 15) is 43.9 Å². The van der Waals surface area contributed by atoms with Gasteiger partial charge in [-0.15, -0.1) is 0 Å². The molecule has 0 spiro atoms. The number of hydrogen-bond acceptors (Lipinski definition) is 11. The highest BCUT2D eigenvalue weighted by atomic mass is 31.2. The first-order valence-corrected chi connectivity index (χ1v) is 16.6. The Hall–Kier alpha value is -5.24. The van der Waals surface area contributed by atoms with Crippen molar-refractivity contribution in [2.45, 2.75) is 0 Å². The van der Waals surface area contributed by atoms with Crippen LogP contribution in [0.5, 0.6) is 11.5 Å². The number of carboxylic acid groups (broad SMARTS) is 4. The van der Waals surface area contributed by atoms with E-state index in [1.807, 2.05) is 0 Å². The number of aromatic hydroxyl groups is 1. The number of carbonyl (C=O) groups excluding carboxylic acids is 1. The van der Waals surface area contributed by atoms with Crippen LogP contribution in [0.3, 0.4) is 0 Å². The highest BCUT2D eigenvalue weighted by Gasteiger charge is 2.38. The zero-order valence-electron chi connectivity index (χ0n) is 25.7. The number of phenols is 1. The zero-order valence-corrected chi connectivity index (χ0v) is 26.6. The van der Waals surface area contributed by atoms with Crippen molar-refractivity contribution in [3.05, 3.63) is 76.6 Å². The van der Waals surface area contributed by atoms with E-state index in [1.54, 1.807) is 24.3 Å². The molecule has 0 saturated carbocycles. The topological polar surface area (TPSA) is 229 Å². The van der Waals surface area contributed by atoms with Crippen molar-refractivity contribution in [1.29, 1.82) is 0 Å². The van der Waals surface area contributed by atoms with Crippen molar-refractivity contribution in [2.24, 2.45) is 0 Å². The number of nitrogens with zero attached hydrogens (tertiary/aromatic N) is 2. The Morgan fingerprint density at radius 3 is 2.08 bits per heavy atom. The highest BCUT2D eigenvalue weighted by Crippen LogP contribution is 2.60. The Balaban J connectivity index is 1.70. The third-order valence-electron chi connectivity index (χ3n) is 7.40. The molecule has 5 N–H and O–H groups in total. The first-order valence-electron chi connectivity index (χ1n) is 14.5. The minimum atomic E-state index is -3.33. The molecule has 2 aromatic rings. The van der Waals surface area contributed by atoms with Crippen LogP contribution in [0, 0.1) is 0 Å². The second-order valence-corrected chi connectivity index (χ2v) is 13.8. The second-order valence-electron chi connectivity index (χ2n) is 11.0. The molecule has 48 heavy (non-hydrogen) atoms. The monoisotopic (exact) mass is 684 g/mol. The molecule has 0 amide bonds. The molecule has 254 valence electrons. The molecule has 15 nitrogen and oxygen atoms in total. The smallest absolute Gasteiger partial charge is 0.323 e. The van der Waals surface area contributed by atoms with Gasteiger partial charge >= 0.3 is 23.9 Å². The third kappa shape index (κ3) is 8.56. The number of fused-ring (bicyclic) bond motifs is 2. The summed E-state index contributed by atoms with van der Waals surface area (Å²) in [5.74, 6) is -5.39. The van der Waals surface area contributed by atoms with Crippen molar-refractivity contribution in [1.82, 2.24) is 4.90 Å². The number of rotatable bonds is 17. The van der Waals surface area contributed by atoms with E-state index in [0.717, 1.165) is 4.90 Å². The van der Waals surface area contributed by atoms with Gasteiger partial charge in [0.05, 0.1) is 32.0 Å². The van der Waals surface area contributed by atoms with Gasteiger partial charge in [0, 0.05) is 17.2 Å². The molecule has 4 rings (SSSR count). The average molecular weight is 685 g/mol. The maximum absolute atomic E-state index is 14.1. The molecule has 2 aromatic carbocycles. The molecule has 0 fully saturated rings. The van der Waals surface area contributed by atoms with Crippen molar-refractivity contribution in [2.75, 3.05) is 64.1 Å². The molecule has 1 atom stereocenters. The van der Waals surface area contributed by atoms with Crippen LogP contribution in [0.2, 0.25) is 0 Å². The Bertz CT molecular complexity index is 1760. The number of aliphatic carboxylic acids is 4. The fourth-order valence-electron chi connectivity index (χ4n) is 5.45. The van der Waals surface area contributed by atoms with Gasteiger partial charge in [-0.05, 0) is 77.5 Å². The molecule has 1 unspecified atom stereocenters. The molecular formula is C32H33N2O13P. The summed E-state index contributed by atoms with van der Waals surface area (Å²) in [7, 11) is -3.33. The maximum Gasteiger partial charge on any atom is 0.323 e. The summed E-state index contributed by atoms with van der Waals surface area (Å²) in [5.41, 5.74) is 2.19. The van der Waals surface area contributed by atoms with Gasteiger partial charge in [0.2, 0.25) is 0 Å². The molecule has 2 aliphatic rings. The van der Waals surface area contributed by atoms with Crippen LogP contribution in [-0.2, 0) is 33.3 Å².